The highest BCUT2D eigenvalue weighted by Gasteiger charge is 2.65. The third-order valence-electron chi connectivity index (χ3n) is 4.56. The van der Waals surface area contributed by atoms with Crippen molar-refractivity contribution >= 4 is 29.4 Å². The van der Waals surface area contributed by atoms with E-state index >= 15 is 0 Å². The number of ether oxygens (including phenoxy) is 1. The van der Waals surface area contributed by atoms with Gasteiger partial charge in [-0.15, -0.1) is 0 Å². The molecular formula is C21H12O6. The zero-order valence-electron chi connectivity index (χ0n) is 13.8. The molecule has 0 bridgehead atoms. The van der Waals surface area contributed by atoms with E-state index in [9.17, 15) is 24.3 Å². The van der Waals surface area contributed by atoms with Crippen molar-refractivity contribution in [3.05, 3.63) is 88.7 Å². The lowest BCUT2D eigenvalue weighted by Crippen LogP contribution is -2.45. The molecule has 1 spiro atoms. The maximum atomic E-state index is 12.9. The Morgan fingerprint density at radius 3 is 2.04 bits per heavy atom. The summed E-state index contributed by atoms with van der Waals surface area (Å²) in [4.78, 5) is 50.5. The third-order valence-corrected chi connectivity index (χ3v) is 4.56. The summed E-state index contributed by atoms with van der Waals surface area (Å²) >= 11 is 0. The van der Waals surface area contributed by atoms with Crippen LogP contribution in [0, 0.1) is 0 Å². The molecule has 6 nitrogen and oxygen atoms in total. The van der Waals surface area contributed by atoms with Gasteiger partial charge in [0.25, 0.3) is 5.60 Å². The van der Waals surface area contributed by atoms with Gasteiger partial charge >= 0.3 is 5.97 Å². The lowest BCUT2D eigenvalue weighted by molar-refractivity contribution is -0.143. The van der Waals surface area contributed by atoms with Gasteiger partial charge in [-0.2, -0.15) is 0 Å². The fourth-order valence-electron chi connectivity index (χ4n) is 3.30. The number of rotatable bonds is 3. The number of hydrogen-bond donors (Lipinski definition) is 1. The average Bonchev–Trinajstić information content (AvgIpc) is 3.08. The summed E-state index contributed by atoms with van der Waals surface area (Å²) in [6.45, 7) is 0. The molecule has 0 fully saturated rings. The van der Waals surface area contributed by atoms with Crippen molar-refractivity contribution in [2.45, 2.75) is 5.60 Å². The minimum Gasteiger partial charge on any atom is -0.501 e. The van der Waals surface area contributed by atoms with Gasteiger partial charge in [0, 0.05) is 11.1 Å². The van der Waals surface area contributed by atoms with Crippen LogP contribution in [0.25, 0.3) is 6.08 Å². The Kier molecular flexibility index (Phi) is 3.63. The number of allylic oxidation sites excluding steroid dienone is 1. The molecule has 4 rings (SSSR count). The minimum atomic E-state index is -2.46. The molecule has 0 saturated carbocycles. The summed E-state index contributed by atoms with van der Waals surface area (Å²) < 4.78 is 5.00. The summed E-state index contributed by atoms with van der Waals surface area (Å²) in [7, 11) is 0. The molecule has 0 amide bonds. The molecule has 0 saturated heterocycles. The lowest BCUT2D eigenvalue weighted by Gasteiger charge is -2.20. The largest absolute Gasteiger partial charge is 0.501 e. The van der Waals surface area contributed by atoms with Crippen molar-refractivity contribution < 1.29 is 29.0 Å². The summed E-state index contributed by atoms with van der Waals surface area (Å²) in [5.74, 6) is -4.82. The van der Waals surface area contributed by atoms with E-state index in [2.05, 4.69) is 0 Å². The van der Waals surface area contributed by atoms with Gasteiger partial charge in [0.2, 0.25) is 17.3 Å². The topological polar surface area (TPSA) is 97.7 Å². The fraction of sp³-hybridized carbons (Fsp3) is 0.0476. The first-order valence-corrected chi connectivity index (χ1v) is 8.10. The molecule has 0 aromatic heterocycles. The van der Waals surface area contributed by atoms with E-state index in [1.54, 1.807) is 42.5 Å². The molecule has 27 heavy (non-hydrogen) atoms. The third kappa shape index (κ3) is 2.27. The van der Waals surface area contributed by atoms with Gasteiger partial charge in [0.05, 0.1) is 0 Å². The van der Waals surface area contributed by atoms with E-state index in [1.807, 2.05) is 0 Å². The summed E-state index contributed by atoms with van der Waals surface area (Å²) in [6, 6.07) is 14.8. The molecule has 2 aromatic carbocycles. The summed E-state index contributed by atoms with van der Waals surface area (Å²) in [5.41, 5.74) is -2.32. The molecule has 132 valence electrons. The number of aliphatic hydroxyl groups is 1. The van der Waals surface area contributed by atoms with Gasteiger partial charge in [-0.25, -0.2) is 4.79 Å². The van der Waals surface area contributed by atoms with E-state index in [-0.39, 0.29) is 11.1 Å². The van der Waals surface area contributed by atoms with Crippen LogP contribution in [0.15, 0.2) is 72.0 Å². The van der Waals surface area contributed by atoms with Crippen LogP contribution in [-0.2, 0) is 14.3 Å². The van der Waals surface area contributed by atoms with Crippen LogP contribution >= 0.6 is 0 Å². The van der Waals surface area contributed by atoms with Crippen LogP contribution in [-0.4, -0.2) is 34.0 Å². The number of carbonyl (C=O) groups is 4. The van der Waals surface area contributed by atoms with Crippen molar-refractivity contribution in [3.63, 3.8) is 0 Å². The van der Waals surface area contributed by atoms with E-state index in [4.69, 9.17) is 4.74 Å². The van der Waals surface area contributed by atoms with Crippen molar-refractivity contribution in [1.82, 2.24) is 0 Å². The van der Waals surface area contributed by atoms with Crippen LogP contribution in [0.4, 0.5) is 0 Å². The number of hydrogen-bond acceptors (Lipinski definition) is 6. The van der Waals surface area contributed by atoms with Crippen molar-refractivity contribution in [2.75, 3.05) is 0 Å². The second-order valence-electron chi connectivity index (χ2n) is 6.11. The van der Waals surface area contributed by atoms with Gasteiger partial charge in [-0.05, 0) is 11.6 Å². The van der Waals surface area contributed by atoms with E-state index in [0.717, 1.165) is 6.08 Å². The Morgan fingerprint density at radius 2 is 1.44 bits per heavy atom. The van der Waals surface area contributed by atoms with Crippen LogP contribution in [0.3, 0.4) is 0 Å². The van der Waals surface area contributed by atoms with Gasteiger partial charge < -0.3 is 9.84 Å². The number of Topliss-reactive ketones (excluding diaryl/α,β-unsaturated/α-hetero) is 2. The first kappa shape index (κ1) is 16.7. The molecule has 1 aliphatic carbocycles. The number of aliphatic hydroxyl groups excluding tert-OH is 1. The maximum absolute atomic E-state index is 12.9. The van der Waals surface area contributed by atoms with Crippen LogP contribution in [0.1, 0.15) is 26.3 Å². The van der Waals surface area contributed by atoms with Crippen LogP contribution in [0.2, 0.25) is 0 Å². The molecule has 1 N–H and O–H groups in total. The second kappa shape index (κ2) is 5.88. The Bertz CT molecular complexity index is 1040. The number of esters is 1. The summed E-state index contributed by atoms with van der Waals surface area (Å²) in [5, 5.41) is 10.1. The number of ketones is 3. The number of carbonyl (C=O) groups excluding carboxylic acids is 4. The highest BCUT2D eigenvalue weighted by molar-refractivity contribution is 6.40. The molecule has 2 aliphatic rings. The van der Waals surface area contributed by atoms with Crippen molar-refractivity contribution in [2.24, 2.45) is 0 Å². The summed E-state index contributed by atoms with van der Waals surface area (Å²) in [6.07, 6.45) is 2.55. The molecule has 1 aliphatic heterocycles. The van der Waals surface area contributed by atoms with E-state index in [1.165, 1.54) is 18.2 Å². The lowest BCUT2D eigenvalue weighted by atomic mass is 9.86. The SMILES string of the molecule is O=C(/C=C/c1ccccc1)C1=C(O)C(=O)OC12C(=O)c1ccccc1C2=O. The van der Waals surface area contributed by atoms with E-state index in [0.29, 0.717) is 5.56 Å². The Hall–Kier alpha value is -3.80. The predicted octanol–water partition coefficient (Wildman–Crippen LogP) is 2.46. The van der Waals surface area contributed by atoms with Crippen LogP contribution in [0.5, 0.6) is 0 Å². The molecule has 0 atom stereocenters. The van der Waals surface area contributed by atoms with Crippen molar-refractivity contribution in [1.29, 1.82) is 0 Å². The highest BCUT2D eigenvalue weighted by atomic mass is 16.6. The molecule has 0 radical (unpaired) electrons. The molecule has 2 aromatic rings. The van der Waals surface area contributed by atoms with Crippen LogP contribution < -0.4 is 0 Å². The first-order chi connectivity index (χ1) is 13.0. The smallest absolute Gasteiger partial charge is 0.375 e. The predicted molar refractivity (Wildman–Crippen MR) is 94.1 cm³/mol. The molecule has 0 unspecified atom stereocenters. The Labute approximate surface area is 153 Å². The zero-order valence-corrected chi connectivity index (χ0v) is 13.8. The zero-order chi connectivity index (χ0) is 19.2. The number of benzene rings is 2. The minimum absolute atomic E-state index is 0.0438. The quantitative estimate of drug-likeness (QED) is 0.513. The maximum Gasteiger partial charge on any atom is 0.375 e. The van der Waals surface area contributed by atoms with Gasteiger partial charge in [-0.1, -0.05) is 60.7 Å². The van der Waals surface area contributed by atoms with Gasteiger partial charge in [0.15, 0.2) is 5.78 Å². The standard InChI is InChI=1S/C21H12O6/c22-15(11-10-12-6-2-1-3-7-12)16-17(23)20(26)27-21(16)18(24)13-8-4-5-9-14(13)19(21)25/h1-11,23H/b11-10+. The molecular weight excluding hydrogens is 348 g/mol. The monoisotopic (exact) mass is 360 g/mol. The molecule has 1 heterocycles. The highest BCUT2D eigenvalue weighted by Crippen LogP contribution is 2.43. The Morgan fingerprint density at radius 1 is 0.889 bits per heavy atom. The fourth-order valence-corrected chi connectivity index (χ4v) is 3.30. The normalized spacial score (nSPS) is 17.7. The Balaban J connectivity index is 1.80. The number of fused-ring (bicyclic) bond motifs is 1. The van der Waals surface area contributed by atoms with Crippen molar-refractivity contribution in [3.8, 4) is 0 Å². The van der Waals surface area contributed by atoms with Gasteiger partial charge in [-0.3, -0.25) is 14.4 Å². The van der Waals surface area contributed by atoms with Gasteiger partial charge in [0.1, 0.15) is 5.57 Å². The van der Waals surface area contributed by atoms with E-state index < -0.39 is 40.3 Å². The second-order valence-corrected chi connectivity index (χ2v) is 6.11. The molecule has 6 heteroatoms. The first-order valence-electron chi connectivity index (χ1n) is 8.10. The average molecular weight is 360 g/mol.